The Bertz CT molecular complexity index is 455. The molecule has 0 spiro atoms. The minimum absolute atomic E-state index is 0.193. The summed E-state index contributed by atoms with van der Waals surface area (Å²) >= 11 is 0. The maximum Gasteiger partial charge on any atom is 0.409 e. The average Bonchev–Trinajstić information content (AvgIpc) is 2.84. The Morgan fingerprint density at radius 2 is 1.77 bits per heavy atom. The lowest BCUT2D eigenvalue weighted by Crippen LogP contribution is -2.44. The number of carbonyl (C=O) groups excluding carboxylic acids is 4. The van der Waals surface area contributed by atoms with E-state index in [1.165, 1.54) is 7.11 Å². The molecule has 0 saturated carbocycles. The molecule has 2 heterocycles. The van der Waals surface area contributed by atoms with Gasteiger partial charge in [0.1, 0.15) is 6.54 Å². The van der Waals surface area contributed by atoms with Gasteiger partial charge in [0.15, 0.2) is 0 Å². The molecule has 0 aromatic carbocycles. The number of methoxy groups -OCH3 is 1. The molecule has 4 amide bonds. The number of nitrogens with zero attached hydrogens (tertiary/aromatic N) is 2. The highest BCUT2D eigenvalue weighted by Gasteiger charge is 2.30. The van der Waals surface area contributed by atoms with Crippen molar-refractivity contribution >= 4 is 23.8 Å². The first-order chi connectivity index (χ1) is 10.5. The Labute approximate surface area is 128 Å². The topological polar surface area (TPSA) is 96.0 Å². The van der Waals surface area contributed by atoms with E-state index in [0.717, 1.165) is 17.7 Å². The van der Waals surface area contributed by atoms with Crippen LogP contribution in [0.3, 0.4) is 0 Å². The Balaban J connectivity index is 1.68. The second kappa shape index (κ2) is 7.24. The molecule has 2 rings (SSSR count). The largest absolute Gasteiger partial charge is 0.453 e. The number of ether oxygens (including phenoxy) is 1. The number of piperidine rings is 1. The Morgan fingerprint density at radius 1 is 1.18 bits per heavy atom. The van der Waals surface area contributed by atoms with Crippen LogP contribution < -0.4 is 5.32 Å². The van der Waals surface area contributed by atoms with Gasteiger partial charge in [-0.1, -0.05) is 0 Å². The third-order valence-electron chi connectivity index (χ3n) is 4.09. The number of likely N-dealkylation sites (tertiary alicyclic amines) is 2. The summed E-state index contributed by atoms with van der Waals surface area (Å²) in [6.45, 7) is 1.51. The van der Waals surface area contributed by atoms with E-state index >= 15 is 0 Å². The zero-order chi connectivity index (χ0) is 16.1. The highest BCUT2D eigenvalue weighted by Crippen LogP contribution is 2.17. The van der Waals surface area contributed by atoms with E-state index in [0.29, 0.717) is 19.6 Å². The van der Waals surface area contributed by atoms with Gasteiger partial charge < -0.3 is 15.0 Å². The maximum atomic E-state index is 11.8. The van der Waals surface area contributed by atoms with E-state index in [1.807, 2.05) is 0 Å². The molecule has 8 nitrogen and oxygen atoms in total. The van der Waals surface area contributed by atoms with E-state index in [4.69, 9.17) is 0 Å². The second-order valence-electron chi connectivity index (χ2n) is 5.58. The van der Waals surface area contributed by atoms with Crippen LogP contribution in [0.15, 0.2) is 0 Å². The van der Waals surface area contributed by atoms with Crippen molar-refractivity contribution in [1.29, 1.82) is 0 Å². The lowest BCUT2D eigenvalue weighted by molar-refractivity contribution is -0.142. The quantitative estimate of drug-likeness (QED) is 0.721. The smallest absolute Gasteiger partial charge is 0.409 e. The van der Waals surface area contributed by atoms with Gasteiger partial charge in [-0.2, -0.15) is 0 Å². The first kappa shape index (κ1) is 16.3. The minimum atomic E-state index is -0.325. The van der Waals surface area contributed by atoms with Crippen molar-refractivity contribution in [3.63, 3.8) is 0 Å². The van der Waals surface area contributed by atoms with Gasteiger partial charge in [-0.05, 0) is 18.8 Å². The van der Waals surface area contributed by atoms with E-state index in [9.17, 15) is 19.2 Å². The summed E-state index contributed by atoms with van der Waals surface area (Å²) in [5.74, 6) is -0.605. The average molecular weight is 311 g/mol. The van der Waals surface area contributed by atoms with Crippen molar-refractivity contribution in [3.8, 4) is 0 Å². The molecule has 0 bridgehead atoms. The van der Waals surface area contributed by atoms with E-state index in [2.05, 4.69) is 10.1 Å². The summed E-state index contributed by atoms with van der Waals surface area (Å²) in [7, 11) is 1.36. The molecule has 8 heteroatoms. The predicted molar refractivity (Wildman–Crippen MR) is 75.7 cm³/mol. The van der Waals surface area contributed by atoms with Gasteiger partial charge in [0, 0.05) is 32.5 Å². The van der Waals surface area contributed by atoms with Crippen molar-refractivity contribution in [2.45, 2.75) is 25.7 Å². The molecule has 22 heavy (non-hydrogen) atoms. The molecule has 0 aromatic heterocycles. The van der Waals surface area contributed by atoms with Crippen molar-refractivity contribution in [3.05, 3.63) is 0 Å². The summed E-state index contributed by atoms with van der Waals surface area (Å²) in [6, 6.07) is 0. The number of hydrogen-bond donors (Lipinski definition) is 1. The van der Waals surface area contributed by atoms with Crippen LogP contribution in [0.4, 0.5) is 4.79 Å². The minimum Gasteiger partial charge on any atom is -0.453 e. The lowest BCUT2D eigenvalue weighted by Gasteiger charge is -2.31. The zero-order valence-electron chi connectivity index (χ0n) is 12.7. The number of imide groups is 1. The van der Waals surface area contributed by atoms with Crippen molar-refractivity contribution in [2.24, 2.45) is 5.92 Å². The van der Waals surface area contributed by atoms with Crippen LogP contribution in [0.5, 0.6) is 0 Å². The zero-order valence-corrected chi connectivity index (χ0v) is 12.7. The number of rotatable bonds is 4. The first-order valence-electron chi connectivity index (χ1n) is 7.44. The molecule has 0 aliphatic carbocycles. The molecular formula is C14H21N3O5. The first-order valence-corrected chi connectivity index (χ1v) is 7.44. The fraction of sp³-hybridized carbons (Fsp3) is 0.714. The number of nitrogens with one attached hydrogen (secondary N) is 1. The fourth-order valence-corrected chi connectivity index (χ4v) is 2.71. The predicted octanol–water partition coefficient (Wildman–Crippen LogP) is -0.270. The molecule has 122 valence electrons. The highest BCUT2D eigenvalue weighted by molar-refractivity contribution is 6.04. The van der Waals surface area contributed by atoms with Crippen LogP contribution in [-0.2, 0) is 19.1 Å². The van der Waals surface area contributed by atoms with Gasteiger partial charge in [0.25, 0.3) is 0 Å². The summed E-state index contributed by atoms with van der Waals surface area (Å²) in [6.07, 6.45) is 1.64. The van der Waals surface area contributed by atoms with Crippen LogP contribution in [0.25, 0.3) is 0 Å². The number of carbonyl (C=O) groups is 4. The second-order valence-corrected chi connectivity index (χ2v) is 5.58. The van der Waals surface area contributed by atoms with Gasteiger partial charge in [-0.25, -0.2) is 4.79 Å². The molecule has 2 aliphatic heterocycles. The Hall–Kier alpha value is -2.12. The third-order valence-corrected chi connectivity index (χ3v) is 4.09. The van der Waals surface area contributed by atoms with E-state index in [-0.39, 0.29) is 49.1 Å². The van der Waals surface area contributed by atoms with E-state index < -0.39 is 0 Å². The van der Waals surface area contributed by atoms with Crippen molar-refractivity contribution in [2.75, 3.05) is 33.3 Å². The van der Waals surface area contributed by atoms with Crippen molar-refractivity contribution in [1.82, 2.24) is 15.1 Å². The molecule has 0 atom stereocenters. The maximum absolute atomic E-state index is 11.8. The van der Waals surface area contributed by atoms with Crippen molar-refractivity contribution < 1.29 is 23.9 Å². The molecule has 2 aliphatic rings. The summed E-state index contributed by atoms with van der Waals surface area (Å²) in [5.41, 5.74) is 0. The standard InChI is InChI=1S/C14H21N3O5/c1-22-14(21)16-6-4-10(5-7-16)8-15-11(18)9-17-12(19)2-3-13(17)20/h10H,2-9H2,1H3,(H,15,18). The molecule has 1 N–H and O–H groups in total. The fourth-order valence-electron chi connectivity index (χ4n) is 2.71. The van der Waals surface area contributed by atoms with Gasteiger partial charge in [-0.15, -0.1) is 0 Å². The SMILES string of the molecule is COC(=O)N1CCC(CNC(=O)CN2C(=O)CCC2=O)CC1. The highest BCUT2D eigenvalue weighted by atomic mass is 16.5. The molecule has 2 fully saturated rings. The number of amides is 4. The van der Waals surface area contributed by atoms with Crippen LogP contribution >= 0.6 is 0 Å². The summed E-state index contributed by atoms with van der Waals surface area (Å²) < 4.78 is 4.67. The van der Waals surface area contributed by atoms with Crippen LogP contribution in [0, 0.1) is 5.92 Å². The summed E-state index contributed by atoms with van der Waals surface area (Å²) in [4.78, 5) is 48.7. The van der Waals surface area contributed by atoms with Crippen LogP contribution in [0.1, 0.15) is 25.7 Å². The number of hydrogen-bond acceptors (Lipinski definition) is 5. The molecule has 0 aromatic rings. The van der Waals surface area contributed by atoms with Gasteiger partial charge >= 0.3 is 6.09 Å². The van der Waals surface area contributed by atoms with E-state index in [1.54, 1.807) is 4.90 Å². The van der Waals surface area contributed by atoms with Gasteiger partial charge in [0.05, 0.1) is 7.11 Å². The monoisotopic (exact) mass is 311 g/mol. The van der Waals surface area contributed by atoms with Crippen LogP contribution in [0.2, 0.25) is 0 Å². The normalized spacial score (nSPS) is 19.5. The van der Waals surface area contributed by atoms with Crippen LogP contribution in [-0.4, -0.2) is 66.9 Å². The van der Waals surface area contributed by atoms with Gasteiger partial charge in [-0.3, -0.25) is 19.3 Å². The molecule has 0 unspecified atom stereocenters. The Morgan fingerprint density at radius 3 is 2.32 bits per heavy atom. The Kier molecular flexibility index (Phi) is 5.35. The molecular weight excluding hydrogens is 290 g/mol. The molecule has 0 radical (unpaired) electrons. The third kappa shape index (κ3) is 3.96. The lowest BCUT2D eigenvalue weighted by atomic mass is 9.97. The van der Waals surface area contributed by atoms with Gasteiger partial charge in [0.2, 0.25) is 17.7 Å². The summed E-state index contributed by atoms with van der Waals surface area (Å²) in [5, 5.41) is 2.76. The molecule has 2 saturated heterocycles.